The summed E-state index contributed by atoms with van der Waals surface area (Å²) in [4.78, 5) is 16.5. The van der Waals surface area contributed by atoms with Crippen molar-refractivity contribution in [1.82, 2.24) is 9.97 Å². The highest BCUT2D eigenvalue weighted by atomic mass is 19.4. The van der Waals surface area contributed by atoms with Crippen LogP contribution >= 0.6 is 0 Å². The molecule has 0 fully saturated rings. The fourth-order valence-corrected chi connectivity index (χ4v) is 2.17. The highest BCUT2D eigenvalue weighted by molar-refractivity contribution is 5.68. The van der Waals surface area contributed by atoms with Gasteiger partial charge in [-0.25, -0.2) is 4.79 Å². The van der Waals surface area contributed by atoms with Crippen molar-refractivity contribution in [1.29, 1.82) is 0 Å². The maximum Gasteiger partial charge on any atom is 0.431 e. The van der Waals surface area contributed by atoms with Crippen LogP contribution < -0.4 is 10.4 Å². The predicted molar refractivity (Wildman–Crippen MR) is 91.7 cm³/mol. The molecule has 0 unspecified atom stereocenters. The molecule has 26 heavy (non-hydrogen) atoms. The van der Waals surface area contributed by atoms with Gasteiger partial charge in [-0.1, -0.05) is 36.4 Å². The molecule has 1 heterocycles. The lowest BCUT2D eigenvalue weighted by molar-refractivity contribution is -0.141. The van der Waals surface area contributed by atoms with Crippen LogP contribution in [0.3, 0.4) is 0 Å². The minimum absolute atomic E-state index is 0.0781. The lowest BCUT2D eigenvalue weighted by atomic mass is 10.2. The fourth-order valence-electron chi connectivity index (χ4n) is 2.17. The van der Waals surface area contributed by atoms with Crippen LogP contribution in [0.5, 0.6) is 11.5 Å². The Morgan fingerprint density at radius 3 is 2.23 bits per heavy atom. The van der Waals surface area contributed by atoms with Crippen LogP contribution in [0.25, 0.3) is 12.2 Å². The first-order valence-electron chi connectivity index (χ1n) is 7.60. The van der Waals surface area contributed by atoms with Crippen molar-refractivity contribution in [3.8, 4) is 11.5 Å². The van der Waals surface area contributed by atoms with Gasteiger partial charge in [0.2, 0.25) is 0 Å². The summed E-state index contributed by atoms with van der Waals surface area (Å²) >= 11 is 0. The maximum absolute atomic E-state index is 12.7. The molecule has 0 aliphatic carbocycles. The Morgan fingerprint density at radius 2 is 1.58 bits per heavy atom. The van der Waals surface area contributed by atoms with E-state index < -0.39 is 17.6 Å². The zero-order valence-corrected chi connectivity index (χ0v) is 13.3. The molecule has 3 aromatic rings. The van der Waals surface area contributed by atoms with Crippen LogP contribution in [0.1, 0.15) is 17.0 Å². The number of nitrogens with one attached hydrogen (secondary N) is 1. The molecule has 0 saturated heterocycles. The molecule has 3 rings (SSSR count). The Balaban J connectivity index is 1.75. The normalized spacial score (nSPS) is 11.7. The monoisotopic (exact) mass is 358 g/mol. The van der Waals surface area contributed by atoms with Crippen LogP contribution in [-0.4, -0.2) is 9.97 Å². The second-order valence-electron chi connectivity index (χ2n) is 5.34. The number of hydrogen-bond acceptors (Lipinski definition) is 3. The van der Waals surface area contributed by atoms with Gasteiger partial charge in [-0.15, -0.1) is 0 Å². The summed E-state index contributed by atoms with van der Waals surface area (Å²) in [5.41, 5.74) is -1.54. The van der Waals surface area contributed by atoms with Gasteiger partial charge in [0.1, 0.15) is 17.2 Å². The molecule has 0 spiro atoms. The van der Waals surface area contributed by atoms with Crippen molar-refractivity contribution >= 4 is 12.2 Å². The highest BCUT2D eigenvalue weighted by Gasteiger charge is 2.32. The number of ether oxygens (including phenoxy) is 1. The third-order valence-electron chi connectivity index (χ3n) is 3.38. The van der Waals surface area contributed by atoms with Gasteiger partial charge in [-0.2, -0.15) is 18.2 Å². The summed E-state index contributed by atoms with van der Waals surface area (Å²) in [7, 11) is 0. The number of benzene rings is 2. The van der Waals surface area contributed by atoms with E-state index in [0.29, 0.717) is 11.5 Å². The van der Waals surface area contributed by atoms with E-state index in [-0.39, 0.29) is 5.69 Å². The van der Waals surface area contributed by atoms with E-state index in [4.69, 9.17) is 4.74 Å². The average molecular weight is 358 g/mol. The number of para-hydroxylation sites is 1. The van der Waals surface area contributed by atoms with Crippen LogP contribution in [0, 0.1) is 0 Å². The number of nitrogens with zero attached hydrogens (tertiary/aromatic N) is 1. The summed E-state index contributed by atoms with van der Waals surface area (Å²) in [5, 5.41) is 0. The zero-order valence-electron chi connectivity index (χ0n) is 13.3. The Hall–Kier alpha value is -3.35. The van der Waals surface area contributed by atoms with Gasteiger partial charge in [-0.3, -0.25) is 0 Å². The Kier molecular flexibility index (Phi) is 4.88. The molecule has 7 heteroatoms. The average Bonchev–Trinajstić information content (AvgIpc) is 2.61. The molecule has 0 aliphatic rings. The molecular weight excluding hydrogens is 345 g/mol. The summed E-state index contributed by atoms with van der Waals surface area (Å²) in [5.74, 6) is 1.32. The lowest BCUT2D eigenvalue weighted by Crippen LogP contribution is -2.19. The molecule has 1 N–H and O–H groups in total. The van der Waals surface area contributed by atoms with Gasteiger partial charge in [0.25, 0.3) is 0 Å². The van der Waals surface area contributed by atoms with Crippen molar-refractivity contribution in [3.05, 3.63) is 88.1 Å². The summed E-state index contributed by atoms with van der Waals surface area (Å²) in [6.45, 7) is 0. The Labute approximate surface area is 146 Å². The largest absolute Gasteiger partial charge is 0.457 e. The number of aromatic amines is 1. The van der Waals surface area contributed by atoms with E-state index in [0.717, 1.165) is 11.6 Å². The van der Waals surface area contributed by atoms with E-state index >= 15 is 0 Å². The third kappa shape index (κ3) is 4.60. The molecule has 0 aliphatic heterocycles. The molecule has 132 valence electrons. The highest BCUT2D eigenvalue weighted by Crippen LogP contribution is 2.27. The summed E-state index contributed by atoms with van der Waals surface area (Å²) < 4.78 is 43.8. The van der Waals surface area contributed by atoms with E-state index in [1.807, 2.05) is 30.3 Å². The van der Waals surface area contributed by atoms with Gasteiger partial charge in [0.05, 0.1) is 5.69 Å². The van der Waals surface area contributed by atoms with Gasteiger partial charge in [-0.05, 0) is 42.0 Å². The smallest absolute Gasteiger partial charge is 0.431 e. The van der Waals surface area contributed by atoms with Gasteiger partial charge < -0.3 is 9.72 Å². The van der Waals surface area contributed by atoms with Crippen LogP contribution in [0.2, 0.25) is 0 Å². The number of halogens is 3. The van der Waals surface area contributed by atoms with Crippen molar-refractivity contribution in [2.45, 2.75) is 6.18 Å². The molecular formula is C19H13F3N2O2. The second-order valence-corrected chi connectivity index (χ2v) is 5.34. The SMILES string of the molecule is O=c1nc(/C=C/c2ccc(Oc3ccccc3)cc2)cc(C(F)(F)F)[nH]1. The molecule has 0 atom stereocenters. The Morgan fingerprint density at radius 1 is 0.923 bits per heavy atom. The van der Waals surface area contributed by atoms with E-state index in [1.54, 1.807) is 35.3 Å². The van der Waals surface area contributed by atoms with Crippen molar-refractivity contribution < 1.29 is 17.9 Å². The summed E-state index contributed by atoms with van der Waals surface area (Å²) in [6, 6.07) is 17.0. The maximum atomic E-state index is 12.7. The molecule has 4 nitrogen and oxygen atoms in total. The molecule has 0 radical (unpaired) electrons. The first-order valence-corrected chi connectivity index (χ1v) is 7.60. The topological polar surface area (TPSA) is 55.0 Å². The third-order valence-corrected chi connectivity index (χ3v) is 3.38. The standard InChI is InChI=1S/C19H13F3N2O2/c20-19(21,22)17-12-14(23-18(25)24-17)9-6-13-7-10-16(11-8-13)26-15-4-2-1-3-5-15/h1-12H,(H,23,24,25)/b9-6+. The van der Waals surface area contributed by atoms with Crippen molar-refractivity contribution in [2.75, 3.05) is 0 Å². The van der Waals surface area contributed by atoms with Gasteiger partial charge >= 0.3 is 11.9 Å². The number of hydrogen-bond donors (Lipinski definition) is 1. The van der Waals surface area contributed by atoms with E-state index in [2.05, 4.69) is 4.98 Å². The number of aromatic nitrogens is 2. The molecule has 0 bridgehead atoms. The van der Waals surface area contributed by atoms with E-state index in [1.165, 1.54) is 6.08 Å². The predicted octanol–water partition coefficient (Wildman–Crippen LogP) is 4.75. The first kappa shape index (κ1) is 17.5. The van der Waals surface area contributed by atoms with Gasteiger partial charge in [0.15, 0.2) is 0 Å². The molecule has 0 amide bonds. The van der Waals surface area contributed by atoms with Crippen molar-refractivity contribution in [3.63, 3.8) is 0 Å². The Bertz CT molecular complexity index is 963. The zero-order chi connectivity index (χ0) is 18.6. The fraction of sp³-hybridized carbons (Fsp3) is 0.0526. The minimum Gasteiger partial charge on any atom is -0.457 e. The van der Waals surface area contributed by atoms with Crippen LogP contribution in [0.15, 0.2) is 65.5 Å². The van der Waals surface area contributed by atoms with Crippen molar-refractivity contribution in [2.24, 2.45) is 0 Å². The minimum atomic E-state index is -4.64. The first-order chi connectivity index (χ1) is 12.4. The van der Waals surface area contributed by atoms with Gasteiger partial charge in [0, 0.05) is 0 Å². The quantitative estimate of drug-likeness (QED) is 0.732. The molecule has 1 aromatic heterocycles. The summed E-state index contributed by atoms with van der Waals surface area (Å²) in [6.07, 6.45) is -1.73. The van der Waals surface area contributed by atoms with E-state index in [9.17, 15) is 18.0 Å². The van der Waals surface area contributed by atoms with Crippen LogP contribution in [-0.2, 0) is 6.18 Å². The lowest BCUT2D eigenvalue weighted by Gasteiger charge is -2.06. The molecule has 2 aromatic carbocycles. The number of H-pyrrole nitrogens is 1. The van der Waals surface area contributed by atoms with Crippen LogP contribution in [0.4, 0.5) is 13.2 Å². The number of alkyl halides is 3. The second kappa shape index (κ2) is 7.26. The number of rotatable bonds is 4. The molecule has 0 saturated carbocycles.